The molecule has 0 amide bonds. The molecule has 2 atom stereocenters. The molecule has 3 aromatic rings. The number of nitrogens with zero attached hydrogens (tertiary/aromatic N) is 6. The Morgan fingerprint density at radius 3 is 2.74 bits per heavy atom. The van der Waals surface area contributed by atoms with E-state index in [2.05, 4.69) is 36.8 Å². The fraction of sp³-hybridized carbons (Fsp3) is 0.565. The lowest BCUT2D eigenvalue weighted by molar-refractivity contribution is 0.0391. The van der Waals surface area contributed by atoms with E-state index >= 15 is 0 Å². The van der Waals surface area contributed by atoms with Crippen molar-refractivity contribution >= 4 is 17.0 Å². The Hall–Kier alpha value is -2.74. The van der Waals surface area contributed by atoms with E-state index in [4.69, 9.17) is 24.4 Å². The average molecular weight is 423 g/mol. The van der Waals surface area contributed by atoms with Gasteiger partial charge in [0.25, 0.3) is 0 Å². The summed E-state index contributed by atoms with van der Waals surface area (Å²) in [6.45, 7) is 11.3. The molecule has 164 valence electrons. The summed E-state index contributed by atoms with van der Waals surface area (Å²) in [5.74, 6) is 1.84. The Labute approximate surface area is 182 Å². The van der Waals surface area contributed by atoms with E-state index in [1.165, 1.54) is 6.42 Å². The summed E-state index contributed by atoms with van der Waals surface area (Å²) in [6.07, 6.45) is 4.98. The van der Waals surface area contributed by atoms with Crippen LogP contribution in [0.25, 0.3) is 11.0 Å². The summed E-state index contributed by atoms with van der Waals surface area (Å²) in [7, 11) is 1.91. The van der Waals surface area contributed by atoms with Crippen molar-refractivity contribution in [1.29, 1.82) is 0 Å². The summed E-state index contributed by atoms with van der Waals surface area (Å²) in [5.41, 5.74) is 4.19. The first kappa shape index (κ1) is 20.2. The molecular weight excluding hydrogens is 392 g/mol. The van der Waals surface area contributed by atoms with E-state index in [0.717, 1.165) is 28.8 Å². The molecule has 8 nitrogen and oxygen atoms in total. The third-order valence-corrected chi connectivity index (χ3v) is 6.67. The number of pyridine rings is 1. The van der Waals surface area contributed by atoms with Crippen molar-refractivity contribution in [3.05, 3.63) is 35.3 Å². The zero-order valence-electron chi connectivity index (χ0n) is 18.9. The van der Waals surface area contributed by atoms with Crippen LogP contribution in [0.1, 0.15) is 43.2 Å². The SMILES string of the molecule is Cc1cc2c(OC[C@H]3CC3(C)C)nc(N3CCO[C@@H](c4cnn(C)c4)C3)nc2nc1C. The first-order chi connectivity index (χ1) is 14.8. The average Bonchev–Trinajstić information content (AvgIpc) is 3.13. The van der Waals surface area contributed by atoms with Crippen LogP contribution in [0.4, 0.5) is 5.95 Å². The van der Waals surface area contributed by atoms with Gasteiger partial charge in [-0.25, -0.2) is 4.98 Å². The second kappa shape index (κ2) is 7.44. The minimum absolute atomic E-state index is 0.0638. The third-order valence-electron chi connectivity index (χ3n) is 6.67. The van der Waals surface area contributed by atoms with Gasteiger partial charge in [-0.1, -0.05) is 13.8 Å². The second-order valence-electron chi connectivity index (χ2n) is 9.54. The van der Waals surface area contributed by atoms with E-state index in [-0.39, 0.29) is 6.10 Å². The van der Waals surface area contributed by atoms with Gasteiger partial charge in [0.15, 0.2) is 5.65 Å². The first-order valence-electron chi connectivity index (χ1n) is 10.9. The number of morpholine rings is 1. The van der Waals surface area contributed by atoms with Crippen molar-refractivity contribution in [2.45, 2.75) is 40.2 Å². The third kappa shape index (κ3) is 3.96. The first-order valence-corrected chi connectivity index (χ1v) is 10.9. The molecule has 3 aromatic heterocycles. The van der Waals surface area contributed by atoms with E-state index in [0.29, 0.717) is 48.6 Å². The maximum absolute atomic E-state index is 6.26. The fourth-order valence-electron chi connectivity index (χ4n) is 4.14. The van der Waals surface area contributed by atoms with Crippen LogP contribution in [0.5, 0.6) is 5.88 Å². The highest BCUT2D eigenvalue weighted by Gasteiger charge is 2.46. The Morgan fingerprint density at radius 2 is 2.03 bits per heavy atom. The maximum atomic E-state index is 6.26. The van der Waals surface area contributed by atoms with Crippen LogP contribution in [0, 0.1) is 25.2 Å². The topological polar surface area (TPSA) is 78.2 Å². The molecule has 0 N–H and O–H groups in total. The molecule has 4 heterocycles. The lowest BCUT2D eigenvalue weighted by Crippen LogP contribution is -2.39. The van der Waals surface area contributed by atoms with E-state index in [9.17, 15) is 0 Å². The molecule has 0 aromatic carbocycles. The predicted molar refractivity (Wildman–Crippen MR) is 118 cm³/mol. The van der Waals surface area contributed by atoms with Crippen LogP contribution in [0.2, 0.25) is 0 Å². The Balaban J connectivity index is 1.46. The predicted octanol–water partition coefficient (Wildman–Crippen LogP) is 3.38. The van der Waals surface area contributed by atoms with Crippen molar-refractivity contribution < 1.29 is 9.47 Å². The van der Waals surface area contributed by atoms with Gasteiger partial charge >= 0.3 is 0 Å². The van der Waals surface area contributed by atoms with Crippen LogP contribution in [0.15, 0.2) is 18.5 Å². The van der Waals surface area contributed by atoms with Gasteiger partial charge in [-0.05, 0) is 43.2 Å². The maximum Gasteiger partial charge on any atom is 0.230 e. The molecule has 5 rings (SSSR count). The normalized spacial score (nSPS) is 22.7. The molecule has 0 unspecified atom stereocenters. The molecule has 2 fully saturated rings. The summed E-state index contributed by atoms with van der Waals surface area (Å²) in [6, 6.07) is 2.09. The number of aryl methyl sites for hydroxylation is 3. The molecule has 31 heavy (non-hydrogen) atoms. The minimum Gasteiger partial charge on any atom is -0.477 e. The van der Waals surface area contributed by atoms with Gasteiger partial charge in [-0.2, -0.15) is 15.1 Å². The molecule has 0 spiro atoms. The molecule has 1 saturated heterocycles. The summed E-state index contributed by atoms with van der Waals surface area (Å²) in [5, 5.41) is 5.16. The van der Waals surface area contributed by atoms with Crippen molar-refractivity contribution in [3.8, 4) is 5.88 Å². The van der Waals surface area contributed by atoms with Crippen molar-refractivity contribution in [2.24, 2.45) is 18.4 Å². The number of ether oxygens (including phenoxy) is 2. The van der Waals surface area contributed by atoms with Gasteiger partial charge < -0.3 is 14.4 Å². The number of hydrogen-bond acceptors (Lipinski definition) is 7. The molecule has 1 aliphatic carbocycles. The van der Waals surface area contributed by atoms with Crippen LogP contribution in [-0.4, -0.2) is 51.0 Å². The van der Waals surface area contributed by atoms with Gasteiger partial charge in [0.2, 0.25) is 11.8 Å². The highest BCUT2D eigenvalue weighted by molar-refractivity contribution is 5.82. The van der Waals surface area contributed by atoms with Gasteiger partial charge in [0.1, 0.15) is 6.10 Å². The Bertz CT molecular complexity index is 1120. The number of fused-ring (bicyclic) bond motifs is 1. The molecule has 0 radical (unpaired) electrons. The monoisotopic (exact) mass is 422 g/mol. The molecular formula is C23H30N6O2. The zero-order chi connectivity index (χ0) is 21.8. The second-order valence-corrected chi connectivity index (χ2v) is 9.54. The smallest absolute Gasteiger partial charge is 0.230 e. The number of hydrogen-bond donors (Lipinski definition) is 0. The quantitative estimate of drug-likeness (QED) is 0.624. The number of rotatable bonds is 5. The van der Waals surface area contributed by atoms with Crippen molar-refractivity contribution in [1.82, 2.24) is 24.7 Å². The Kier molecular flexibility index (Phi) is 4.84. The van der Waals surface area contributed by atoms with Crippen LogP contribution < -0.4 is 9.64 Å². The number of aromatic nitrogens is 5. The fourth-order valence-corrected chi connectivity index (χ4v) is 4.14. The van der Waals surface area contributed by atoms with E-state index < -0.39 is 0 Å². The molecule has 8 heteroatoms. The molecule has 2 aliphatic rings. The van der Waals surface area contributed by atoms with Gasteiger partial charge in [0, 0.05) is 31.0 Å². The Morgan fingerprint density at radius 1 is 1.23 bits per heavy atom. The van der Waals surface area contributed by atoms with Crippen molar-refractivity contribution in [3.63, 3.8) is 0 Å². The highest BCUT2D eigenvalue weighted by atomic mass is 16.5. The molecule has 1 saturated carbocycles. The van der Waals surface area contributed by atoms with Crippen molar-refractivity contribution in [2.75, 3.05) is 31.2 Å². The van der Waals surface area contributed by atoms with E-state index in [1.54, 1.807) is 4.68 Å². The summed E-state index contributed by atoms with van der Waals surface area (Å²) in [4.78, 5) is 16.6. The van der Waals surface area contributed by atoms with Gasteiger partial charge in [-0.15, -0.1) is 0 Å². The van der Waals surface area contributed by atoms with Crippen LogP contribution in [0.3, 0.4) is 0 Å². The number of anilines is 1. The summed E-state index contributed by atoms with van der Waals surface area (Å²) < 4.78 is 14.0. The molecule has 1 aliphatic heterocycles. The van der Waals surface area contributed by atoms with E-state index in [1.807, 2.05) is 26.4 Å². The highest BCUT2D eigenvalue weighted by Crippen LogP contribution is 2.51. The minimum atomic E-state index is -0.0638. The lowest BCUT2D eigenvalue weighted by atomic mass is 10.1. The zero-order valence-corrected chi connectivity index (χ0v) is 18.9. The van der Waals surface area contributed by atoms with Crippen LogP contribution >= 0.6 is 0 Å². The van der Waals surface area contributed by atoms with Gasteiger partial charge in [-0.3, -0.25) is 4.68 Å². The van der Waals surface area contributed by atoms with Gasteiger partial charge in [0.05, 0.1) is 31.3 Å². The largest absolute Gasteiger partial charge is 0.477 e. The summed E-state index contributed by atoms with van der Waals surface area (Å²) >= 11 is 0. The lowest BCUT2D eigenvalue weighted by Gasteiger charge is -2.32. The molecule has 0 bridgehead atoms. The van der Waals surface area contributed by atoms with Crippen LogP contribution in [-0.2, 0) is 11.8 Å². The standard InChI is InChI=1S/C23H30N6O2/c1-14-8-18-20(25-15(14)2)26-22(27-21(18)31-13-17-9-23(17,3)4)29-6-7-30-19(12-29)16-10-24-28(5)11-16/h8,10-11,17,19H,6-7,9,12-13H2,1-5H3/t17-,19-/m1/s1.